The fourth-order valence-corrected chi connectivity index (χ4v) is 1.61. The van der Waals surface area contributed by atoms with E-state index in [4.69, 9.17) is 10.5 Å². The second kappa shape index (κ2) is 5.87. The molecule has 90 valence electrons. The van der Waals surface area contributed by atoms with E-state index in [9.17, 15) is 0 Å². The van der Waals surface area contributed by atoms with Crippen molar-refractivity contribution in [1.82, 2.24) is 5.32 Å². The molecule has 16 heavy (non-hydrogen) atoms. The van der Waals surface area contributed by atoms with Crippen molar-refractivity contribution < 1.29 is 4.74 Å². The molecule has 0 amide bonds. The third-order valence-corrected chi connectivity index (χ3v) is 2.59. The Balaban J connectivity index is 2.69. The Kier molecular flexibility index (Phi) is 4.77. The molecule has 1 aromatic rings. The van der Waals surface area contributed by atoms with Crippen LogP contribution in [0.1, 0.15) is 31.0 Å². The van der Waals surface area contributed by atoms with E-state index < -0.39 is 0 Å². The summed E-state index contributed by atoms with van der Waals surface area (Å²) in [5, 5.41) is 3.34. The van der Waals surface area contributed by atoms with Gasteiger partial charge in [-0.1, -0.05) is 26.0 Å². The summed E-state index contributed by atoms with van der Waals surface area (Å²) in [7, 11) is 1.68. The first-order valence-corrected chi connectivity index (χ1v) is 5.68. The van der Waals surface area contributed by atoms with E-state index in [0.29, 0.717) is 6.04 Å². The summed E-state index contributed by atoms with van der Waals surface area (Å²) in [6, 6.07) is 6.58. The van der Waals surface area contributed by atoms with Gasteiger partial charge < -0.3 is 15.8 Å². The lowest BCUT2D eigenvalue weighted by atomic mass is 10.0. The minimum absolute atomic E-state index is 0.0343. The highest BCUT2D eigenvalue weighted by Gasteiger charge is 2.08. The van der Waals surface area contributed by atoms with Gasteiger partial charge in [0.05, 0.1) is 7.11 Å². The molecule has 1 atom stereocenters. The number of nitrogens with two attached hydrogens (primary N) is 1. The lowest BCUT2D eigenvalue weighted by Crippen LogP contribution is -2.31. The van der Waals surface area contributed by atoms with E-state index in [-0.39, 0.29) is 6.04 Å². The monoisotopic (exact) mass is 222 g/mol. The maximum absolute atomic E-state index is 6.10. The summed E-state index contributed by atoms with van der Waals surface area (Å²) in [4.78, 5) is 0. The van der Waals surface area contributed by atoms with Crippen LogP contribution in [0.25, 0.3) is 0 Å². The largest absolute Gasteiger partial charge is 0.496 e. The van der Waals surface area contributed by atoms with Gasteiger partial charge in [0, 0.05) is 18.6 Å². The lowest BCUT2D eigenvalue weighted by Gasteiger charge is -2.16. The Morgan fingerprint density at radius 2 is 2.06 bits per heavy atom. The van der Waals surface area contributed by atoms with Crippen molar-refractivity contribution in [2.75, 3.05) is 13.7 Å². The molecule has 1 rings (SSSR count). The SMILES string of the molecule is COc1ccc(C(N)CNC(C)C)cc1C. The van der Waals surface area contributed by atoms with Crippen molar-refractivity contribution in [2.45, 2.75) is 32.9 Å². The highest BCUT2D eigenvalue weighted by atomic mass is 16.5. The van der Waals surface area contributed by atoms with Crippen LogP contribution in [0, 0.1) is 6.92 Å². The Morgan fingerprint density at radius 1 is 1.38 bits per heavy atom. The standard InChI is InChI=1S/C13H22N2O/c1-9(2)15-8-12(14)11-5-6-13(16-4)10(3)7-11/h5-7,9,12,15H,8,14H2,1-4H3. The Hall–Kier alpha value is -1.06. The van der Waals surface area contributed by atoms with Gasteiger partial charge in [-0.25, -0.2) is 0 Å². The van der Waals surface area contributed by atoms with Crippen molar-refractivity contribution in [3.63, 3.8) is 0 Å². The van der Waals surface area contributed by atoms with Crippen LogP contribution >= 0.6 is 0 Å². The average Bonchev–Trinajstić information content (AvgIpc) is 2.25. The molecule has 0 saturated carbocycles. The molecule has 3 heteroatoms. The molecule has 0 radical (unpaired) electrons. The van der Waals surface area contributed by atoms with E-state index in [1.165, 1.54) is 0 Å². The second-order valence-corrected chi connectivity index (χ2v) is 4.40. The van der Waals surface area contributed by atoms with E-state index in [1.54, 1.807) is 7.11 Å². The van der Waals surface area contributed by atoms with Crippen molar-refractivity contribution >= 4 is 0 Å². The zero-order chi connectivity index (χ0) is 12.1. The quantitative estimate of drug-likeness (QED) is 0.801. The van der Waals surface area contributed by atoms with Crippen LogP contribution in [0.4, 0.5) is 0 Å². The molecule has 0 aromatic heterocycles. The molecule has 0 aliphatic rings. The number of hydrogen-bond acceptors (Lipinski definition) is 3. The first-order valence-electron chi connectivity index (χ1n) is 5.68. The number of nitrogens with one attached hydrogen (secondary N) is 1. The predicted octanol–water partition coefficient (Wildman–Crippen LogP) is 2.00. The van der Waals surface area contributed by atoms with E-state index in [2.05, 4.69) is 25.2 Å². The molecule has 0 fully saturated rings. The van der Waals surface area contributed by atoms with E-state index in [0.717, 1.165) is 23.4 Å². The van der Waals surface area contributed by atoms with Gasteiger partial charge in [-0.2, -0.15) is 0 Å². The van der Waals surface area contributed by atoms with Gasteiger partial charge >= 0.3 is 0 Å². The van der Waals surface area contributed by atoms with E-state index >= 15 is 0 Å². The summed E-state index contributed by atoms with van der Waals surface area (Å²) in [6.07, 6.45) is 0. The summed E-state index contributed by atoms with van der Waals surface area (Å²) < 4.78 is 5.22. The average molecular weight is 222 g/mol. The van der Waals surface area contributed by atoms with Gasteiger partial charge in [0.1, 0.15) is 5.75 Å². The van der Waals surface area contributed by atoms with Crippen LogP contribution in [0.2, 0.25) is 0 Å². The van der Waals surface area contributed by atoms with Gasteiger partial charge in [-0.3, -0.25) is 0 Å². The maximum Gasteiger partial charge on any atom is 0.121 e. The molecule has 0 aliphatic heterocycles. The molecule has 0 saturated heterocycles. The van der Waals surface area contributed by atoms with Crippen LogP contribution in [-0.4, -0.2) is 19.7 Å². The number of hydrogen-bond donors (Lipinski definition) is 2. The van der Waals surface area contributed by atoms with Gasteiger partial charge in [0.2, 0.25) is 0 Å². The number of ether oxygens (including phenoxy) is 1. The van der Waals surface area contributed by atoms with Crippen LogP contribution in [-0.2, 0) is 0 Å². The first kappa shape index (κ1) is 13.0. The second-order valence-electron chi connectivity index (χ2n) is 4.40. The molecule has 3 N–H and O–H groups in total. The van der Waals surface area contributed by atoms with Crippen molar-refractivity contribution in [1.29, 1.82) is 0 Å². The Labute approximate surface area is 98.0 Å². The molecule has 1 aromatic carbocycles. The number of rotatable bonds is 5. The summed E-state index contributed by atoms with van der Waals surface area (Å²) >= 11 is 0. The van der Waals surface area contributed by atoms with Gasteiger partial charge in [0.15, 0.2) is 0 Å². The Morgan fingerprint density at radius 3 is 2.56 bits per heavy atom. The van der Waals surface area contributed by atoms with Crippen LogP contribution in [0.5, 0.6) is 5.75 Å². The lowest BCUT2D eigenvalue weighted by molar-refractivity contribution is 0.411. The number of aryl methyl sites for hydroxylation is 1. The number of benzene rings is 1. The van der Waals surface area contributed by atoms with Gasteiger partial charge in [-0.15, -0.1) is 0 Å². The fraction of sp³-hybridized carbons (Fsp3) is 0.538. The molecule has 0 heterocycles. The van der Waals surface area contributed by atoms with Crippen LogP contribution < -0.4 is 15.8 Å². The van der Waals surface area contributed by atoms with E-state index in [1.807, 2.05) is 19.1 Å². The molecular formula is C13H22N2O. The number of methoxy groups -OCH3 is 1. The zero-order valence-corrected chi connectivity index (χ0v) is 10.6. The van der Waals surface area contributed by atoms with Crippen molar-refractivity contribution in [2.24, 2.45) is 5.73 Å². The predicted molar refractivity (Wildman–Crippen MR) is 67.8 cm³/mol. The van der Waals surface area contributed by atoms with Crippen LogP contribution in [0.15, 0.2) is 18.2 Å². The first-order chi connectivity index (χ1) is 7.54. The summed E-state index contributed by atoms with van der Waals surface area (Å²) in [5.74, 6) is 0.910. The molecule has 1 unspecified atom stereocenters. The minimum atomic E-state index is 0.0343. The van der Waals surface area contributed by atoms with Crippen LogP contribution in [0.3, 0.4) is 0 Å². The smallest absolute Gasteiger partial charge is 0.121 e. The summed E-state index contributed by atoms with van der Waals surface area (Å²) in [5.41, 5.74) is 8.37. The molecular weight excluding hydrogens is 200 g/mol. The van der Waals surface area contributed by atoms with Gasteiger partial charge in [-0.05, 0) is 24.1 Å². The summed E-state index contributed by atoms with van der Waals surface area (Å²) in [6.45, 7) is 7.06. The molecule has 0 bridgehead atoms. The maximum atomic E-state index is 6.10. The highest BCUT2D eigenvalue weighted by molar-refractivity contribution is 5.37. The topological polar surface area (TPSA) is 47.3 Å². The van der Waals surface area contributed by atoms with Gasteiger partial charge in [0.25, 0.3) is 0 Å². The molecule has 0 aliphatic carbocycles. The zero-order valence-electron chi connectivity index (χ0n) is 10.6. The highest BCUT2D eigenvalue weighted by Crippen LogP contribution is 2.21. The third-order valence-electron chi connectivity index (χ3n) is 2.59. The molecule has 3 nitrogen and oxygen atoms in total. The normalized spacial score (nSPS) is 12.9. The van der Waals surface area contributed by atoms with Crippen molar-refractivity contribution in [3.8, 4) is 5.75 Å². The van der Waals surface area contributed by atoms with Crippen molar-refractivity contribution in [3.05, 3.63) is 29.3 Å². The third kappa shape index (κ3) is 3.51. The minimum Gasteiger partial charge on any atom is -0.496 e. The molecule has 0 spiro atoms. The Bertz CT molecular complexity index is 337. The fourth-order valence-electron chi connectivity index (χ4n) is 1.61.